The van der Waals surface area contributed by atoms with Crippen LogP contribution in [0.3, 0.4) is 0 Å². The van der Waals surface area contributed by atoms with Gasteiger partial charge < -0.3 is 14.6 Å². The van der Waals surface area contributed by atoms with Gasteiger partial charge in [0.05, 0.1) is 6.61 Å². The van der Waals surface area contributed by atoms with Gasteiger partial charge in [-0.3, -0.25) is 4.79 Å². The second-order valence-corrected chi connectivity index (χ2v) is 4.89. The maximum Gasteiger partial charge on any atom is 0.270 e. The normalized spacial score (nSPS) is 10.9. The lowest BCUT2D eigenvalue weighted by Crippen LogP contribution is -2.39. The molecule has 0 unspecified atom stereocenters. The highest BCUT2D eigenvalue weighted by Crippen LogP contribution is 2.16. The third kappa shape index (κ3) is 2.86. The van der Waals surface area contributed by atoms with Crippen LogP contribution in [0.4, 0.5) is 0 Å². The molecule has 1 N–H and O–H groups in total. The number of rotatable bonds is 4. The summed E-state index contributed by atoms with van der Waals surface area (Å²) in [5, 5.41) is 8.95. The number of carbonyl (C=O) groups excluding carboxylic acids is 1. The molecule has 1 amide bonds. The van der Waals surface area contributed by atoms with Crippen molar-refractivity contribution in [1.29, 1.82) is 0 Å². The molecule has 1 rings (SSSR count). The second-order valence-electron chi connectivity index (χ2n) is 3.97. The zero-order valence-corrected chi connectivity index (χ0v) is 11.4. The Morgan fingerprint density at radius 3 is 2.62 bits per heavy atom. The summed E-state index contributed by atoms with van der Waals surface area (Å²) in [5.74, 6) is -0.0581. The van der Waals surface area contributed by atoms with Crippen LogP contribution >= 0.6 is 15.9 Å². The molecule has 1 aromatic rings. The highest BCUT2D eigenvalue weighted by Gasteiger charge is 2.20. The van der Waals surface area contributed by atoms with Crippen molar-refractivity contribution in [2.45, 2.75) is 19.9 Å². The summed E-state index contributed by atoms with van der Waals surface area (Å²) in [7, 11) is 1.83. The molecule has 0 aliphatic rings. The van der Waals surface area contributed by atoms with E-state index in [0.29, 0.717) is 12.2 Å². The minimum absolute atomic E-state index is 0.0183. The topological polar surface area (TPSA) is 45.5 Å². The van der Waals surface area contributed by atoms with Gasteiger partial charge in [-0.25, -0.2) is 0 Å². The molecule has 0 bridgehead atoms. The standard InChI is InChI=1S/C11H17BrN2O2/c1-8(2)14(4-5-15)11(16)10-6-9(12)7-13(10)3/h6-8,15H,4-5H2,1-3H3. The summed E-state index contributed by atoms with van der Waals surface area (Å²) < 4.78 is 2.66. The lowest BCUT2D eigenvalue weighted by molar-refractivity contribution is 0.0655. The van der Waals surface area contributed by atoms with Crippen molar-refractivity contribution in [3.63, 3.8) is 0 Å². The van der Waals surface area contributed by atoms with Crippen molar-refractivity contribution >= 4 is 21.8 Å². The van der Waals surface area contributed by atoms with Crippen molar-refractivity contribution in [2.75, 3.05) is 13.2 Å². The van der Waals surface area contributed by atoms with E-state index in [-0.39, 0.29) is 18.6 Å². The molecule has 0 aromatic carbocycles. The predicted octanol–water partition coefficient (Wildman–Crippen LogP) is 1.63. The van der Waals surface area contributed by atoms with E-state index in [2.05, 4.69) is 15.9 Å². The molecule has 1 aromatic heterocycles. The molecular weight excluding hydrogens is 272 g/mol. The van der Waals surface area contributed by atoms with Crippen molar-refractivity contribution in [1.82, 2.24) is 9.47 Å². The van der Waals surface area contributed by atoms with Gasteiger partial charge in [0, 0.05) is 30.3 Å². The molecular formula is C11H17BrN2O2. The Labute approximate surface area is 104 Å². The molecule has 0 fully saturated rings. The minimum Gasteiger partial charge on any atom is -0.395 e. The molecule has 90 valence electrons. The summed E-state index contributed by atoms with van der Waals surface area (Å²) >= 11 is 3.34. The summed E-state index contributed by atoms with van der Waals surface area (Å²) in [4.78, 5) is 13.8. The Hall–Kier alpha value is -0.810. The molecule has 0 spiro atoms. The summed E-state index contributed by atoms with van der Waals surface area (Å²) in [6, 6.07) is 1.86. The Morgan fingerprint density at radius 2 is 2.25 bits per heavy atom. The number of hydrogen-bond donors (Lipinski definition) is 1. The van der Waals surface area contributed by atoms with Crippen LogP contribution in [0.2, 0.25) is 0 Å². The maximum absolute atomic E-state index is 12.2. The molecule has 4 nitrogen and oxygen atoms in total. The molecule has 0 aliphatic carbocycles. The number of carbonyl (C=O) groups is 1. The van der Waals surface area contributed by atoms with E-state index in [1.54, 1.807) is 15.5 Å². The Bertz CT molecular complexity index is 374. The van der Waals surface area contributed by atoms with Crippen molar-refractivity contribution in [3.8, 4) is 0 Å². The Kier molecular flexibility index (Phi) is 4.56. The van der Waals surface area contributed by atoms with Crippen molar-refractivity contribution in [3.05, 3.63) is 22.4 Å². The van der Waals surface area contributed by atoms with E-state index in [4.69, 9.17) is 5.11 Å². The number of halogens is 1. The fourth-order valence-corrected chi connectivity index (χ4v) is 2.11. The SMILES string of the molecule is CC(C)N(CCO)C(=O)c1cc(Br)cn1C. The van der Waals surface area contributed by atoms with Crippen LogP contribution in [-0.2, 0) is 7.05 Å². The fourth-order valence-electron chi connectivity index (χ4n) is 1.59. The summed E-state index contributed by atoms with van der Waals surface area (Å²) in [5.41, 5.74) is 0.619. The first kappa shape index (κ1) is 13.3. The Morgan fingerprint density at radius 1 is 1.62 bits per heavy atom. The van der Waals surface area contributed by atoms with Crippen LogP contribution in [-0.4, -0.2) is 39.7 Å². The van der Waals surface area contributed by atoms with E-state index < -0.39 is 0 Å². The average molecular weight is 289 g/mol. The van der Waals surface area contributed by atoms with Gasteiger partial charge in [0.1, 0.15) is 5.69 Å². The molecule has 0 saturated carbocycles. The third-order valence-corrected chi connectivity index (χ3v) is 2.85. The molecule has 0 atom stereocenters. The molecule has 0 saturated heterocycles. The fraction of sp³-hybridized carbons (Fsp3) is 0.545. The molecule has 16 heavy (non-hydrogen) atoms. The van der Waals surface area contributed by atoms with Crippen LogP contribution in [0.15, 0.2) is 16.7 Å². The maximum atomic E-state index is 12.2. The van der Waals surface area contributed by atoms with Gasteiger partial charge in [0.2, 0.25) is 0 Å². The van der Waals surface area contributed by atoms with E-state index in [9.17, 15) is 4.79 Å². The second kappa shape index (κ2) is 5.50. The van der Waals surface area contributed by atoms with Gasteiger partial charge in [0.25, 0.3) is 5.91 Å². The van der Waals surface area contributed by atoms with E-state index >= 15 is 0 Å². The largest absolute Gasteiger partial charge is 0.395 e. The highest BCUT2D eigenvalue weighted by molar-refractivity contribution is 9.10. The van der Waals surface area contributed by atoms with Crippen molar-refractivity contribution < 1.29 is 9.90 Å². The van der Waals surface area contributed by atoms with E-state index in [1.165, 1.54) is 0 Å². The average Bonchev–Trinajstić information content (AvgIpc) is 2.53. The first-order chi connectivity index (χ1) is 7.47. The summed E-state index contributed by atoms with van der Waals surface area (Å²) in [6.07, 6.45) is 1.84. The first-order valence-corrected chi connectivity index (χ1v) is 6.00. The molecule has 0 aliphatic heterocycles. The van der Waals surface area contributed by atoms with Crippen LogP contribution < -0.4 is 0 Å². The zero-order chi connectivity index (χ0) is 12.3. The number of aliphatic hydroxyl groups is 1. The Balaban J connectivity index is 2.94. The number of aryl methyl sites for hydroxylation is 1. The van der Waals surface area contributed by atoms with Crippen LogP contribution in [0.25, 0.3) is 0 Å². The third-order valence-electron chi connectivity index (χ3n) is 2.42. The number of aliphatic hydroxyl groups excluding tert-OH is 1. The predicted molar refractivity (Wildman–Crippen MR) is 66.4 cm³/mol. The lowest BCUT2D eigenvalue weighted by atomic mass is 10.2. The quantitative estimate of drug-likeness (QED) is 0.915. The van der Waals surface area contributed by atoms with Gasteiger partial charge >= 0.3 is 0 Å². The van der Waals surface area contributed by atoms with Crippen molar-refractivity contribution in [2.24, 2.45) is 7.05 Å². The van der Waals surface area contributed by atoms with E-state index in [1.807, 2.05) is 27.1 Å². The molecule has 0 radical (unpaired) electrons. The van der Waals surface area contributed by atoms with Gasteiger partial charge in [-0.1, -0.05) is 0 Å². The smallest absolute Gasteiger partial charge is 0.270 e. The monoisotopic (exact) mass is 288 g/mol. The van der Waals surface area contributed by atoms with Crippen LogP contribution in [0.5, 0.6) is 0 Å². The van der Waals surface area contributed by atoms with Gasteiger partial charge in [-0.15, -0.1) is 0 Å². The molecule has 1 heterocycles. The van der Waals surface area contributed by atoms with Crippen LogP contribution in [0, 0.1) is 0 Å². The first-order valence-electron chi connectivity index (χ1n) is 5.21. The molecule has 5 heteroatoms. The number of aromatic nitrogens is 1. The lowest BCUT2D eigenvalue weighted by Gasteiger charge is -2.26. The van der Waals surface area contributed by atoms with Gasteiger partial charge in [-0.05, 0) is 35.8 Å². The number of nitrogens with zero attached hydrogens (tertiary/aromatic N) is 2. The van der Waals surface area contributed by atoms with Gasteiger partial charge in [-0.2, -0.15) is 0 Å². The number of amides is 1. The zero-order valence-electron chi connectivity index (χ0n) is 9.77. The summed E-state index contributed by atoms with van der Waals surface area (Å²) in [6.45, 7) is 4.21. The minimum atomic E-state index is -0.0581. The van der Waals surface area contributed by atoms with Gasteiger partial charge in [0.15, 0.2) is 0 Å². The highest BCUT2D eigenvalue weighted by atomic mass is 79.9. The van der Waals surface area contributed by atoms with Crippen LogP contribution in [0.1, 0.15) is 24.3 Å². The van der Waals surface area contributed by atoms with E-state index in [0.717, 1.165) is 4.47 Å². The number of hydrogen-bond acceptors (Lipinski definition) is 2.